The second-order valence-corrected chi connectivity index (χ2v) is 11.8. The van der Waals surface area contributed by atoms with Crippen molar-refractivity contribution in [1.29, 1.82) is 0 Å². The number of nitrogens with zero attached hydrogens (tertiary/aromatic N) is 2. The van der Waals surface area contributed by atoms with Crippen molar-refractivity contribution >= 4 is 43.6 Å². The molecule has 8 rings (SSSR count). The van der Waals surface area contributed by atoms with E-state index in [1.165, 1.54) is 0 Å². The van der Waals surface area contributed by atoms with Gasteiger partial charge in [0.05, 0.1) is 22.2 Å². The molecule has 8 aromatic rings. The Labute approximate surface area is 255 Å². The third kappa shape index (κ3) is 3.91. The van der Waals surface area contributed by atoms with Crippen molar-refractivity contribution in [2.24, 2.45) is 0 Å². The van der Waals surface area contributed by atoms with Crippen LogP contribution >= 0.6 is 0 Å². The van der Waals surface area contributed by atoms with Gasteiger partial charge in [0.1, 0.15) is 11.5 Å². The Morgan fingerprint density at radius 3 is 1.23 bits per heavy atom. The van der Waals surface area contributed by atoms with E-state index in [0.717, 1.165) is 65.9 Å². The van der Waals surface area contributed by atoms with Gasteiger partial charge in [-0.1, -0.05) is 97.1 Å². The summed E-state index contributed by atoms with van der Waals surface area (Å²) in [5, 5.41) is 28.5. The molecule has 0 atom stereocenters. The van der Waals surface area contributed by atoms with Crippen molar-refractivity contribution in [2.75, 3.05) is 0 Å². The SMILES string of the molecule is Cc1cc2c3ccccc3n(Cc3ccccc3)c2c(-c2c(O)c(C)cc3c4ccccc4n(Cc4ccccc4)c23)c1O. The maximum absolute atomic E-state index is 12.1. The van der Waals surface area contributed by atoms with Gasteiger partial charge in [-0.2, -0.15) is 0 Å². The van der Waals surface area contributed by atoms with Gasteiger partial charge in [-0.3, -0.25) is 0 Å². The molecule has 0 unspecified atom stereocenters. The maximum atomic E-state index is 12.1. The fourth-order valence-corrected chi connectivity index (χ4v) is 7.01. The molecule has 2 heterocycles. The van der Waals surface area contributed by atoms with Crippen LogP contribution in [-0.2, 0) is 13.1 Å². The van der Waals surface area contributed by atoms with Crippen LogP contribution in [0.1, 0.15) is 22.3 Å². The maximum Gasteiger partial charge on any atom is 0.128 e. The van der Waals surface area contributed by atoms with Crippen molar-refractivity contribution in [3.8, 4) is 22.6 Å². The summed E-state index contributed by atoms with van der Waals surface area (Å²) < 4.78 is 4.60. The van der Waals surface area contributed by atoms with E-state index in [1.54, 1.807) is 0 Å². The Kier molecular flexibility index (Phi) is 5.98. The van der Waals surface area contributed by atoms with Gasteiger partial charge < -0.3 is 19.3 Å². The van der Waals surface area contributed by atoms with E-state index in [9.17, 15) is 10.2 Å². The summed E-state index contributed by atoms with van der Waals surface area (Å²) in [5.74, 6) is 0.377. The summed E-state index contributed by atoms with van der Waals surface area (Å²) in [6, 6.07) is 41.9. The molecule has 4 nitrogen and oxygen atoms in total. The smallest absolute Gasteiger partial charge is 0.128 e. The van der Waals surface area contributed by atoms with E-state index in [-0.39, 0.29) is 11.5 Å². The number of benzene rings is 6. The predicted octanol–water partition coefficient (Wildman–Crippen LogP) is 9.69. The number of phenolic OH excluding ortho intramolecular Hbond substituents is 2. The zero-order valence-corrected chi connectivity index (χ0v) is 24.8. The molecule has 0 saturated carbocycles. The minimum absolute atomic E-state index is 0.188. The van der Waals surface area contributed by atoms with Crippen molar-refractivity contribution < 1.29 is 10.2 Å². The standard InChI is InChI=1S/C40H32N2O2/c1-25-21-31-29-17-9-11-19-33(29)41(23-27-13-5-3-6-14-27)37(31)35(39(25)43)36-38-32(22-26(2)40(36)44)30-18-10-12-20-34(30)42(38)24-28-15-7-4-8-16-28/h3-22,43-44H,23-24H2,1-2H3. The summed E-state index contributed by atoms with van der Waals surface area (Å²) in [4.78, 5) is 0. The molecule has 0 aliphatic heterocycles. The van der Waals surface area contributed by atoms with Gasteiger partial charge in [0.15, 0.2) is 0 Å². The molecular weight excluding hydrogens is 540 g/mol. The van der Waals surface area contributed by atoms with Crippen molar-refractivity contribution in [3.63, 3.8) is 0 Å². The molecule has 0 aliphatic rings. The molecule has 0 saturated heterocycles. The molecule has 214 valence electrons. The number of phenols is 2. The zero-order chi connectivity index (χ0) is 29.9. The second kappa shape index (κ2) is 10.1. The fourth-order valence-electron chi connectivity index (χ4n) is 7.01. The molecule has 0 radical (unpaired) electrons. The highest BCUT2D eigenvalue weighted by molar-refractivity contribution is 6.20. The lowest BCUT2D eigenvalue weighted by Crippen LogP contribution is -2.03. The molecule has 0 amide bonds. The van der Waals surface area contributed by atoms with Crippen molar-refractivity contribution in [2.45, 2.75) is 26.9 Å². The Morgan fingerprint density at radius 1 is 0.455 bits per heavy atom. The van der Waals surface area contributed by atoms with Crippen LogP contribution in [0.4, 0.5) is 0 Å². The Balaban J connectivity index is 1.56. The van der Waals surface area contributed by atoms with E-state index < -0.39 is 0 Å². The summed E-state index contributed by atoms with van der Waals surface area (Å²) >= 11 is 0. The first-order chi connectivity index (χ1) is 21.5. The summed E-state index contributed by atoms with van der Waals surface area (Å²) in [6.45, 7) is 5.16. The van der Waals surface area contributed by atoms with Crippen LogP contribution in [0.2, 0.25) is 0 Å². The monoisotopic (exact) mass is 572 g/mol. The van der Waals surface area contributed by atoms with Crippen LogP contribution in [-0.4, -0.2) is 19.3 Å². The molecule has 4 heteroatoms. The number of hydrogen-bond acceptors (Lipinski definition) is 2. The van der Waals surface area contributed by atoms with Gasteiger partial charge >= 0.3 is 0 Å². The lowest BCUT2D eigenvalue weighted by Gasteiger charge is -2.19. The van der Waals surface area contributed by atoms with Crippen LogP contribution in [0.15, 0.2) is 121 Å². The summed E-state index contributed by atoms with van der Waals surface area (Å²) in [7, 11) is 0. The first-order valence-corrected chi connectivity index (χ1v) is 15.1. The van der Waals surface area contributed by atoms with Gasteiger partial charge in [0.25, 0.3) is 0 Å². The number of para-hydroxylation sites is 2. The molecule has 0 bridgehead atoms. The van der Waals surface area contributed by atoms with Gasteiger partial charge in [-0.05, 0) is 60.4 Å². The summed E-state index contributed by atoms with van der Waals surface area (Å²) in [6.07, 6.45) is 0. The van der Waals surface area contributed by atoms with Crippen molar-refractivity contribution in [3.05, 3.63) is 144 Å². The van der Waals surface area contributed by atoms with E-state index in [0.29, 0.717) is 24.2 Å². The largest absolute Gasteiger partial charge is 0.507 e. The third-order valence-electron chi connectivity index (χ3n) is 9.05. The van der Waals surface area contributed by atoms with Crippen LogP contribution in [0.25, 0.3) is 54.7 Å². The lowest BCUT2D eigenvalue weighted by atomic mass is 9.93. The van der Waals surface area contributed by atoms with Crippen molar-refractivity contribution in [1.82, 2.24) is 9.13 Å². The van der Waals surface area contributed by atoms with Gasteiger partial charge in [0, 0.05) is 45.7 Å². The predicted molar refractivity (Wildman–Crippen MR) is 182 cm³/mol. The Bertz CT molecular complexity index is 2190. The summed E-state index contributed by atoms with van der Waals surface area (Å²) in [5.41, 5.74) is 9.21. The van der Waals surface area contributed by atoms with E-state index in [2.05, 4.69) is 118 Å². The minimum Gasteiger partial charge on any atom is -0.507 e. The second-order valence-electron chi connectivity index (χ2n) is 11.8. The average molecular weight is 573 g/mol. The minimum atomic E-state index is 0.188. The Morgan fingerprint density at radius 2 is 0.818 bits per heavy atom. The highest BCUT2D eigenvalue weighted by Gasteiger charge is 2.27. The molecule has 0 spiro atoms. The van der Waals surface area contributed by atoms with E-state index in [1.807, 2.05) is 26.0 Å². The topological polar surface area (TPSA) is 50.3 Å². The molecule has 2 aromatic heterocycles. The number of aryl methyl sites for hydroxylation is 2. The molecule has 0 aliphatic carbocycles. The Hall–Kier alpha value is -5.48. The van der Waals surface area contributed by atoms with Crippen LogP contribution in [0.5, 0.6) is 11.5 Å². The van der Waals surface area contributed by atoms with Crippen LogP contribution < -0.4 is 0 Å². The van der Waals surface area contributed by atoms with Gasteiger partial charge in [0.2, 0.25) is 0 Å². The average Bonchev–Trinajstić information content (AvgIpc) is 3.52. The molecule has 6 aromatic carbocycles. The third-order valence-corrected chi connectivity index (χ3v) is 9.05. The normalized spacial score (nSPS) is 11.8. The quantitative estimate of drug-likeness (QED) is 0.216. The molecular formula is C40H32N2O2. The van der Waals surface area contributed by atoms with Crippen LogP contribution in [0.3, 0.4) is 0 Å². The highest BCUT2D eigenvalue weighted by atomic mass is 16.3. The number of fused-ring (bicyclic) bond motifs is 6. The number of rotatable bonds is 5. The number of aromatic nitrogens is 2. The number of aromatic hydroxyl groups is 2. The number of hydrogen-bond donors (Lipinski definition) is 2. The van der Waals surface area contributed by atoms with Gasteiger partial charge in [-0.25, -0.2) is 0 Å². The highest BCUT2D eigenvalue weighted by Crippen LogP contribution is 2.51. The van der Waals surface area contributed by atoms with E-state index >= 15 is 0 Å². The molecule has 44 heavy (non-hydrogen) atoms. The lowest BCUT2D eigenvalue weighted by molar-refractivity contribution is 0.465. The zero-order valence-electron chi connectivity index (χ0n) is 24.8. The first-order valence-electron chi connectivity index (χ1n) is 15.1. The van der Waals surface area contributed by atoms with Gasteiger partial charge in [-0.15, -0.1) is 0 Å². The first kappa shape index (κ1) is 26.2. The fraction of sp³-hybridized carbons (Fsp3) is 0.100. The van der Waals surface area contributed by atoms with E-state index in [4.69, 9.17) is 0 Å². The van der Waals surface area contributed by atoms with Crippen LogP contribution in [0, 0.1) is 13.8 Å². The molecule has 0 fully saturated rings. The molecule has 2 N–H and O–H groups in total.